The second-order valence-electron chi connectivity index (χ2n) is 9.87. The Hall–Kier alpha value is -3.85. The standard InChI is InChI=1S/C27H31ClN4O5/c1-15(2)29-20-13-22(31-26(35)36-27(4,5)6)21(12-19(20)28)30-25(34)14-23(33)17-8-7-9-18(11-17)24-10-16(3)32-37-24/h7-13,15,29H,14H2,1-6H3,(H,30,34)(H,31,35). The molecule has 0 aliphatic carbocycles. The van der Waals surface area contributed by atoms with Gasteiger partial charge in [-0.1, -0.05) is 35.0 Å². The molecule has 196 valence electrons. The summed E-state index contributed by atoms with van der Waals surface area (Å²) < 4.78 is 10.6. The molecule has 0 radical (unpaired) electrons. The molecule has 0 atom stereocenters. The molecule has 0 spiro atoms. The molecule has 2 amide bonds. The highest BCUT2D eigenvalue weighted by atomic mass is 35.5. The van der Waals surface area contributed by atoms with Crippen molar-refractivity contribution in [2.45, 2.75) is 59.6 Å². The quantitative estimate of drug-likeness (QED) is 0.221. The molecule has 0 saturated carbocycles. The van der Waals surface area contributed by atoms with E-state index in [1.165, 1.54) is 6.07 Å². The molecular formula is C27H31ClN4O5. The Morgan fingerprint density at radius 1 is 1.03 bits per heavy atom. The minimum absolute atomic E-state index is 0.0709. The molecule has 3 aromatic rings. The van der Waals surface area contributed by atoms with Gasteiger partial charge in [0.25, 0.3) is 0 Å². The van der Waals surface area contributed by atoms with Gasteiger partial charge in [0.05, 0.1) is 34.2 Å². The first kappa shape index (κ1) is 27.7. The second-order valence-corrected chi connectivity index (χ2v) is 10.3. The summed E-state index contributed by atoms with van der Waals surface area (Å²) in [6.07, 6.45) is -1.12. The number of Topliss-reactive ketones (excluding diaryl/α,β-unsaturated/α-hetero) is 1. The van der Waals surface area contributed by atoms with Crippen molar-refractivity contribution in [3.05, 3.63) is 58.7 Å². The van der Waals surface area contributed by atoms with Crippen LogP contribution in [0.1, 0.15) is 57.1 Å². The average molecular weight is 527 g/mol. The Morgan fingerprint density at radius 2 is 1.73 bits per heavy atom. The summed E-state index contributed by atoms with van der Waals surface area (Å²) in [6.45, 7) is 10.9. The van der Waals surface area contributed by atoms with E-state index >= 15 is 0 Å². The van der Waals surface area contributed by atoms with Gasteiger partial charge in [-0.25, -0.2) is 4.79 Å². The summed E-state index contributed by atoms with van der Waals surface area (Å²) in [5.74, 6) is -0.431. The Balaban J connectivity index is 1.79. The summed E-state index contributed by atoms with van der Waals surface area (Å²) in [5, 5.41) is 12.7. The molecule has 2 aromatic carbocycles. The maximum Gasteiger partial charge on any atom is 0.412 e. The van der Waals surface area contributed by atoms with Crippen molar-refractivity contribution in [1.29, 1.82) is 0 Å². The lowest BCUT2D eigenvalue weighted by Crippen LogP contribution is -2.28. The number of benzene rings is 2. The smallest absolute Gasteiger partial charge is 0.412 e. The fourth-order valence-electron chi connectivity index (χ4n) is 3.40. The lowest BCUT2D eigenvalue weighted by atomic mass is 10.0. The van der Waals surface area contributed by atoms with E-state index in [1.54, 1.807) is 64.1 Å². The minimum atomic E-state index is -0.718. The van der Waals surface area contributed by atoms with Crippen LogP contribution in [0.25, 0.3) is 11.3 Å². The van der Waals surface area contributed by atoms with Crippen LogP contribution < -0.4 is 16.0 Å². The van der Waals surface area contributed by atoms with Crippen LogP contribution in [-0.2, 0) is 9.53 Å². The van der Waals surface area contributed by atoms with E-state index in [1.807, 2.05) is 13.8 Å². The van der Waals surface area contributed by atoms with E-state index in [0.717, 1.165) is 5.69 Å². The van der Waals surface area contributed by atoms with E-state index in [2.05, 4.69) is 21.1 Å². The van der Waals surface area contributed by atoms with Gasteiger partial charge < -0.3 is 19.9 Å². The first-order valence-corrected chi connectivity index (χ1v) is 12.2. The SMILES string of the molecule is Cc1cc(-c2cccc(C(=O)CC(=O)Nc3cc(Cl)c(NC(C)C)cc3NC(=O)OC(C)(C)C)c2)on1. The summed E-state index contributed by atoms with van der Waals surface area (Å²) >= 11 is 6.41. The van der Waals surface area contributed by atoms with Gasteiger partial charge in [0.1, 0.15) is 5.60 Å². The van der Waals surface area contributed by atoms with Crippen LogP contribution >= 0.6 is 11.6 Å². The molecule has 0 fully saturated rings. The van der Waals surface area contributed by atoms with Gasteiger partial charge in [0.15, 0.2) is 11.5 Å². The van der Waals surface area contributed by atoms with E-state index < -0.39 is 24.0 Å². The molecule has 37 heavy (non-hydrogen) atoms. The molecular weight excluding hydrogens is 496 g/mol. The number of halogens is 1. The molecule has 0 unspecified atom stereocenters. The highest BCUT2D eigenvalue weighted by Gasteiger charge is 2.20. The number of ether oxygens (including phenoxy) is 1. The third kappa shape index (κ3) is 8.08. The molecule has 0 aliphatic rings. The molecule has 1 heterocycles. The number of carbonyl (C=O) groups is 3. The molecule has 0 saturated heterocycles. The zero-order valence-electron chi connectivity index (χ0n) is 21.7. The summed E-state index contributed by atoms with van der Waals surface area (Å²) in [7, 11) is 0. The van der Waals surface area contributed by atoms with Crippen molar-refractivity contribution < 1.29 is 23.6 Å². The number of rotatable bonds is 8. The first-order valence-electron chi connectivity index (χ1n) is 11.8. The van der Waals surface area contributed by atoms with Crippen LogP contribution in [0.2, 0.25) is 5.02 Å². The zero-order valence-corrected chi connectivity index (χ0v) is 22.4. The maximum atomic E-state index is 12.9. The number of nitrogens with zero attached hydrogens (tertiary/aromatic N) is 1. The van der Waals surface area contributed by atoms with Crippen LogP contribution in [0.3, 0.4) is 0 Å². The van der Waals surface area contributed by atoms with Crippen molar-refractivity contribution in [2.24, 2.45) is 0 Å². The Labute approximate surface area is 220 Å². The van der Waals surface area contributed by atoms with Crippen molar-refractivity contribution >= 4 is 46.4 Å². The summed E-state index contributed by atoms with van der Waals surface area (Å²) in [5.41, 5.74) is 2.09. The lowest BCUT2D eigenvalue weighted by Gasteiger charge is -2.22. The third-order valence-electron chi connectivity index (χ3n) is 4.88. The third-order valence-corrected chi connectivity index (χ3v) is 5.19. The maximum absolute atomic E-state index is 12.9. The Morgan fingerprint density at radius 3 is 2.35 bits per heavy atom. The molecule has 0 bridgehead atoms. The molecule has 9 nitrogen and oxygen atoms in total. The number of amides is 2. The largest absolute Gasteiger partial charge is 0.444 e. The van der Waals surface area contributed by atoms with Crippen molar-refractivity contribution in [1.82, 2.24) is 5.16 Å². The van der Waals surface area contributed by atoms with Crippen LogP contribution in [0, 0.1) is 6.92 Å². The van der Waals surface area contributed by atoms with Gasteiger partial charge in [-0.05, 0) is 59.7 Å². The van der Waals surface area contributed by atoms with Gasteiger partial charge in [-0.2, -0.15) is 0 Å². The normalized spacial score (nSPS) is 11.2. The fraction of sp³-hybridized carbons (Fsp3) is 0.333. The van der Waals surface area contributed by atoms with Crippen LogP contribution in [-0.4, -0.2) is 34.6 Å². The van der Waals surface area contributed by atoms with E-state index in [0.29, 0.717) is 27.6 Å². The molecule has 0 aliphatic heterocycles. The number of anilines is 3. The summed E-state index contributed by atoms with van der Waals surface area (Å²) in [4.78, 5) is 38.1. The highest BCUT2D eigenvalue weighted by Crippen LogP contribution is 2.34. The lowest BCUT2D eigenvalue weighted by molar-refractivity contribution is -0.115. The first-order chi connectivity index (χ1) is 17.3. The predicted molar refractivity (Wildman–Crippen MR) is 144 cm³/mol. The number of ketones is 1. The Kier molecular flexibility index (Phi) is 8.60. The monoisotopic (exact) mass is 526 g/mol. The number of carbonyl (C=O) groups excluding carboxylic acids is 3. The van der Waals surface area contributed by atoms with Crippen molar-refractivity contribution in [3.8, 4) is 11.3 Å². The fourth-order valence-corrected chi connectivity index (χ4v) is 3.62. The van der Waals surface area contributed by atoms with Crippen molar-refractivity contribution in [2.75, 3.05) is 16.0 Å². The highest BCUT2D eigenvalue weighted by molar-refractivity contribution is 6.34. The topological polar surface area (TPSA) is 123 Å². The molecule has 1 aromatic heterocycles. The predicted octanol–water partition coefficient (Wildman–Crippen LogP) is 6.68. The summed E-state index contributed by atoms with van der Waals surface area (Å²) in [6, 6.07) is 11.7. The van der Waals surface area contributed by atoms with Crippen LogP contribution in [0.4, 0.5) is 21.9 Å². The van der Waals surface area contributed by atoms with Crippen LogP contribution in [0.15, 0.2) is 47.0 Å². The van der Waals surface area contributed by atoms with E-state index in [-0.39, 0.29) is 23.2 Å². The molecule has 3 N–H and O–H groups in total. The number of aryl methyl sites for hydroxylation is 1. The van der Waals surface area contributed by atoms with E-state index in [4.69, 9.17) is 20.9 Å². The van der Waals surface area contributed by atoms with Gasteiger partial charge in [-0.3, -0.25) is 14.9 Å². The molecule has 10 heteroatoms. The van der Waals surface area contributed by atoms with E-state index in [9.17, 15) is 14.4 Å². The zero-order chi connectivity index (χ0) is 27.3. The van der Waals surface area contributed by atoms with Gasteiger partial charge in [-0.15, -0.1) is 0 Å². The number of hydrogen-bond donors (Lipinski definition) is 3. The van der Waals surface area contributed by atoms with Gasteiger partial charge in [0, 0.05) is 23.2 Å². The van der Waals surface area contributed by atoms with Crippen molar-refractivity contribution in [3.63, 3.8) is 0 Å². The second kappa shape index (κ2) is 11.5. The minimum Gasteiger partial charge on any atom is -0.444 e. The van der Waals surface area contributed by atoms with Gasteiger partial charge >= 0.3 is 6.09 Å². The number of hydrogen-bond acceptors (Lipinski definition) is 7. The Bertz CT molecular complexity index is 1310. The average Bonchev–Trinajstić information content (AvgIpc) is 3.21. The van der Waals surface area contributed by atoms with Gasteiger partial charge in [0.2, 0.25) is 5.91 Å². The van der Waals surface area contributed by atoms with Crippen LogP contribution in [0.5, 0.6) is 0 Å². The number of aromatic nitrogens is 1. The molecule has 3 rings (SSSR count). The number of nitrogens with one attached hydrogen (secondary N) is 3.